The standard InChI is InChI=1S/C4H4O4.2C2H6O/c5-3(6)1-2-4(7)8;2*1-2-3/h1-2H,(H,5,6)(H,7,8);2*3H,2H2,1H3/b2-1-;;. The Morgan fingerprint density at radius 1 is 0.929 bits per heavy atom. The maximum Gasteiger partial charge on any atom is 0.328 e. The molecule has 0 aliphatic rings. The summed E-state index contributed by atoms with van der Waals surface area (Å²) in [6.45, 7) is 3.86. The zero-order valence-electron chi connectivity index (χ0n) is 8.17. The van der Waals surface area contributed by atoms with Crippen molar-refractivity contribution < 1.29 is 30.0 Å². The molecule has 0 aliphatic heterocycles. The van der Waals surface area contributed by atoms with Gasteiger partial charge in [0.2, 0.25) is 0 Å². The number of aliphatic carboxylic acids is 2. The molecule has 6 nitrogen and oxygen atoms in total. The Labute approximate surface area is 82.1 Å². The average molecular weight is 208 g/mol. The molecule has 0 rings (SSSR count). The summed E-state index contributed by atoms with van der Waals surface area (Å²) in [6, 6.07) is 0. The van der Waals surface area contributed by atoms with Crippen LogP contribution in [0.15, 0.2) is 12.2 Å². The van der Waals surface area contributed by atoms with Gasteiger partial charge < -0.3 is 20.4 Å². The lowest BCUT2D eigenvalue weighted by atomic mass is 10.5. The van der Waals surface area contributed by atoms with Gasteiger partial charge in [-0.2, -0.15) is 0 Å². The molecule has 0 aromatic heterocycles. The van der Waals surface area contributed by atoms with Gasteiger partial charge in [0.15, 0.2) is 0 Å². The molecule has 0 bridgehead atoms. The van der Waals surface area contributed by atoms with Gasteiger partial charge in [0.25, 0.3) is 0 Å². The van der Waals surface area contributed by atoms with Crippen molar-refractivity contribution in [2.75, 3.05) is 13.2 Å². The van der Waals surface area contributed by atoms with E-state index in [1.54, 1.807) is 13.8 Å². The molecule has 0 saturated carbocycles. The summed E-state index contributed by atoms with van der Waals surface area (Å²) in [7, 11) is 0. The summed E-state index contributed by atoms with van der Waals surface area (Å²) in [5.74, 6) is -2.51. The van der Waals surface area contributed by atoms with Gasteiger partial charge in [0.05, 0.1) is 0 Å². The maximum atomic E-state index is 9.55. The second kappa shape index (κ2) is 17.6. The summed E-state index contributed by atoms with van der Waals surface area (Å²) in [4.78, 5) is 19.1. The molecule has 0 radical (unpaired) electrons. The van der Waals surface area contributed by atoms with Crippen LogP contribution in [0.2, 0.25) is 0 Å². The molecule has 0 spiro atoms. The molecular formula is C8H16O6. The van der Waals surface area contributed by atoms with E-state index in [1.807, 2.05) is 0 Å². The Balaban J connectivity index is -0.000000168. The fraction of sp³-hybridized carbons (Fsp3) is 0.500. The van der Waals surface area contributed by atoms with Crippen LogP contribution in [0.4, 0.5) is 0 Å². The van der Waals surface area contributed by atoms with E-state index in [0.717, 1.165) is 0 Å². The predicted octanol–water partition coefficient (Wildman–Crippen LogP) is -0.291. The molecular weight excluding hydrogens is 192 g/mol. The van der Waals surface area contributed by atoms with Crippen LogP contribution in [0, 0.1) is 0 Å². The maximum absolute atomic E-state index is 9.55. The highest BCUT2D eigenvalue weighted by molar-refractivity contribution is 5.89. The van der Waals surface area contributed by atoms with Crippen molar-refractivity contribution in [3.63, 3.8) is 0 Å². The van der Waals surface area contributed by atoms with Crippen LogP contribution in [0.1, 0.15) is 13.8 Å². The van der Waals surface area contributed by atoms with Gasteiger partial charge in [-0.1, -0.05) is 0 Å². The fourth-order valence-electron chi connectivity index (χ4n) is 0.143. The number of rotatable bonds is 2. The van der Waals surface area contributed by atoms with E-state index in [9.17, 15) is 9.59 Å². The van der Waals surface area contributed by atoms with Crippen LogP contribution in [-0.4, -0.2) is 45.6 Å². The molecule has 0 unspecified atom stereocenters. The molecule has 0 heterocycles. The molecule has 4 N–H and O–H groups in total. The lowest BCUT2D eigenvalue weighted by Crippen LogP contribution is -1.91. The number of carboxylic acids is 2. The van der Waals surface area contributed by atoms with Gasteiger partial charge in [-0.15, -0.1) is 0 Å². The van der Waals surface area contributed by atoms with Crippen LogP contribution in [0.5, 0.6) is 0 Å². The van der Waals surface area contributed by atoms with Crippen molar-refractivity contribution in [2.24, 2.45) is 0 Å². The minimum Gasteiger partial charge on any atom is -0.478 e. The van der Waals surface area contributed by atoms with E-state index in [4.69, 9.17) is 20.4 Å². The lowest BCUT2D eigenvalue weighted by Gasteiger charge is -1.74. The number of hydrogen-bond acceptors (Lipinski definition) is 4. The molecule has 14 heavy (non-hydrogen) atoms. The van der Waals surface area contributed by atoms with Gasteiger partial charge in [-0.3, -0.25) is 0 Å². The van der Waals surface area contributed by atoms with Gasteiger partial charge in [-0.05, 0) is 13.8 Å². The first-order valence-electron chi connectivity index (χ1n) is 3.81. The third-order valence-corrected chi connectivity index (χ3v) is 0.368. The molecule has 0 aromatic carbocycles. The summed E-state index contributed by atoms with van der Waals surface area (Å²) >= 11 is 0. The predicted molar refractivity (Wildman–Crippen MR) is 49.9 cm³/mol. The fourth-order valence-corrected chi connectivity index (χ4v) is 0.143. The molecule has 0 fully saturated rings. The van der Waals surface area contributed by atoms with E-state index >= 15 is 0 Å². The average Bonchev–Trinajstić information content (AvgIpc) is 2.04. The molecule has 0 amide bonds. The van der Waals surface area contributed by atoms with Crippen LogP contribution < -0.4 is 0 Å². The van der Waals surface area contributed by atoms with Crippen molar-refractivity contribution >= 4 is 11.9 Å². The summed E-state index contributed by atoms with van der Waals surface area (Å²) in [5, 5.41) is 30.8. The lowest BCUT2D eigenvalue weighted by molar-refractivity contribution is -0.134. The van der Waals surface area contributed by atoms with Gasteiger partial charge >= 0.3 is 11.9 Å². The van der Waals surface area contributed by atoms with E-state index in [1.165, 1.54) is 0 Å². The number of aliphatic hydroxyl groups excluding tert-OH is 2. The highest BCUT2D eigenvalue weighted by atomic mass is 16.4. The monoisotopic (exact) mass is 208 g/mol. The van der Waals surface area contributed by atoms with Crippen LogP contribution in [0.25, 0.3) is 0 Å². The van der Waals surface area contributed by atoms with Gasteiger partial charge in [0.1, 0.15) is 0 Å². The first-order valence-corrected chi connectivity index (χ1v) is 3.81. The highest BCUT2D eigenvalue weighted by Crippen LogP contribution is 1.70. The normalized spacial score (nSPS) is 8.00. The largest absolute Gasteiger partial charge is 0.478 e. The summed E-state index contributed by atoms with van der Waals surface area (Å²) in [5.41, 5.74) is 0. The van der Waals surface area contributed by atoms with Crippen LogP contribution in [0.3, 0.4) is 0 Å². The molecule has 84 valence electrons. The minimum absolute atomic E-state index is 0.250. The van der Waals surface area contributed by atoms with Gasteiger partial charge in [0, 0.05) is 25.4 Å². The number of carbonyl (C=O) groups is 2. The van der Waals surface area contributed by atoms with E-state index in [-0.39, 0.29) is 13.2 Å². The number of aliphatic hydroxyl groups is 2. The molecule has 0 saturated heterocycles. The Kier molecular flexibility index (Phi) is 23.2. The minimum atomic E-state index is -1.26. The highest BCUT2D eigenvalue weighted by Gasteiger charge is 1.88. The Morgan fingerprint density at radius 2 is 1.07 bits per heavy atom. The van der Waals surface area contributed by atoms with Crippen molar-refractivity contribution in [3.05, 3.63) is 12.2 Å². The second-order valence-electron chi connectivity index (χ2n) is 1.64. The molecule has 0 aromatic rings. The first kappa shape index (κ1) is 18.4. The molecule has 6 heteroatoms. The van der Waals surface area contributed by atoms with Crippen LogP contribution in [-0.2, 0) is 9.59 Å². The summed E-state index contributed by atoms with van der Waals surface area (Å²) < 4.78 is 0. The summed E-state index contributed by atoms with van der Waals surface area (Å²) in [6.07, 6.45) is 1.12. The topological polar surface area (TPSA) is 115 Å². The van der Waals surface area contributed by atoms with Crippen molar-refractivity contribution in [2.45, 2.75) is 13.8 Å². The zero-order chi connectivity index (χ0) is 12.0. The molecule has 0 atom stereocenters. The Hall–Kier alpha value is -1.40. The van der Waals surface area contributed by atoms with Crippen molar-refractivity contribution in [3.8, 4) is 0 Å². The first-order chi connectivity index (χ1) is 6.45. The second-order valence-corrected chi connectivity index (χ2v) is 1.64. The zero-order valence-corrected chi connectivity index (χ0v) is 8.17. The number of hydrogen-bond donors (Lipinski definition) is 4. The SMILES string of the molecule is CCO.CCO.O=C(O)/C=C\C(=O)O. The van der Waals surface area contributed by atoms with E-state index in [2.05, 4.69) is 0 Å². The van der Waals surface area contributed by atoms with Crippen molar-refractivity contribution in [1.82, 2.24) is 0 Å². The Morgan fingerprint density at radius 3 is 1.14 bits per heavy atom. The smallest absolute Gasteiger partial charge is 0.328 e. The van der Waals surface area contributed by atoms with Crippen molar-refractivity contribution in [1.29, 1.82) is 0 Å². The Bertz CT molecular complexity index is 145. The third kappa shape index (κ3) is 75.4. The van der Waals surface area contributed by atoms with E-state index < -0.39 is 11.9 Å². The van der Waals surface area contributed by atoms with Gasteiger partial charge in [-0.25, -0.2) is 9.59 Å². The quantitative estimate of drug-likeness (QED) is 0.463. The van der Waals surface area contributed by atoms with Crippen LogP contribution >= 0.6 is 0 Å². The van der Waals surface area contributed by atoms with E-state index in [0.29, 0.717) is 12.2 Å². The molecule has 0 aliphatic carbocycles. The number of carboxylic acid groups (broad SMARTS) is 2. The third-order valence-electron chi connectivity index (χ3n) is 0.368.